The fourth-order valence-corrected chi connectivity index (χ4v) is 7.66. The number of hydrogen-bond donors (Lipinski definition) is 1. The van der Waals surface area contributed by atoms with E-state index in [0.717, 1.165) is 65.2 Å². The summed E-state index contributed by atoms with van der Waals surface area (Å²) in [4.78, 5) is 29.1. The molecule has 10 heteroatoms. The number of pyridine rings is 1. The van der Waals surface area contributed by atoms with E-state index < -0.39 is 0 Å². The van der Waals surface area contributed by atoms with E-state index in [0.29, 0.717) is 18.1 Å². The van der Waals surface area contributed by atoms with Gasteiger partial charge >= 0.3 is 0 Å². The lowest BCUT2D eigenvalue weighted by Gasteiger charge is -2.23. The summed E-state index contributed by atoms with van der Waals surface area (Å²) in [6.45, 7) is 0.724. The van der Waals surface area contributed by atoms with Crippen LogP contribution in [-0.4, -0.2) is 68.8 Å². The Morgan fingerprint density at radius 2 is 2.26 bits per heavy atom. The topological polar surface area (TPSA) is 87.7 Å². The molecule has 2 aliphatic heterocycles. The van der Waals surface area contributed by atoms with Crippen molar-refractivity contribution in [3.8, 4) is 0 Å². The molecule has 0 aromatic carbocycles. The minimum absolute atomic E-state index is 0.0609. The Morgan fingerprint density at radius 3 is 3.06 bits per heavy atom. The molecule has 2 aliphatic carbocycles. The monoisotopic (exact) mass is 487 g/mol. The van der Waals surface area contributed by atoms with Crippen LogP contribution >= 0.6 is 11.3 Å². The van der Waals surface area contributed by atoms with Crippen LogP contribution in [0.5, 0.6) is 0 Å². The molecule has 0 bridgehead atoms. The molecule has 1 saturated carbocycles. The number of ether oxygens (including phenoxy) is 1. The van der Waals surface area contributed by atoms with Gasteiger partial charge in [-0.1, -0.05) is 0 Å². The van der Waals surface area contributed by atoms with Crippen LogP contribution in [0.4, 0.5) is 17.2 Å². The fourth-order valence-electron chi connectivity index (χ4n) is 6.39. The van der Waals surface area contributed by atoms with E-state index in [9.17, 15) is 4.79 Å². The van der Waals surface area contributed by atoms with Crippen molar-refractivity contribution < 1.29 is 9.53 Å². The average molecular weight is 488 g/mol. The number of carbonyl (C=O) groups excluding carboxylic acids is 1. The number of fused-ring (bicyclic) bond motifs is 4. The van der Waals surface area contributed by atoms with Gasteiger partial charge in [0.1, 0.15) is 17.0 Å². The van der Waals surface area contributed by atoms with Gasteiger partial charge in [-0.05, 0) is 37.0 Å². The lowest BCUT2D eigenvalue weighted by Crippen LogP contribution is -2.31. The number of aryl methyl sites for hydroxylation is 1. The number of morpholine rings is 1. The van der Waals surface area contributed by atoms with E-state index in [1.807, 2.05) is 30.9 Å². The van der Waals surface area contributed by atoms with Crippen molar-refractivity contribution in [3.05, 3.63) is 41.3 Å². The van der Waals surface area contributed by atoms with Gasteiger partial charge in [-0.25, -0.2) is 14.5 Å². The van der Waals surface area contributed by atoms with E-state index in [4.69, 9.17) is 4.74 Å². The van der Waals surface area contributed by atoms with Gasteiger partial charge in [0.15, 0.2) is 0 Å². The van der Waals surface area contributed by atoms with Crippen LogP contribution in [0.2, 0.25) is 0 Å². The van der Waals surface area contributed by atoms with Crippen molar-refractivity contribution in [2.24, 2.45) is 5.92 Å². The predicted molar refractivity (Wildman–Crippen MR) is 133 cm³/mol. The molecule has 1 N–H and O–H groups in total. The second-order valence-corrected chi connectivity index (χ2v) is 11.5. The van der Waals surface area contributed by atoms with Crippen LogP contribution < -0.4 is 10.2 Å². The van der Waals surface area contributed by atoms with E-state index >= 15 is 0 Å². The first-order valence-corrected chi connectivity index (χ1v) is 13.0. The minimum Gasteiger partial charge on any atom is -0.375 e. The van der Waals surface area contributed by atoms with Gasteiger partial charge < -0.3 is 19.9 Å². The van der Waals surface area contributed by atoms with Crippen molar-refractivity contribution in [1.82, 2.24) is 24.5 Å². The Balaban J connectivity index is 1.13. The van der Waals surface area contributed by atoms with E-state index in [1.165, 1.54) is 10.4 Å². The molecule has 8 rings (SSSR count). The molecule has 4 aromatic heterocycles. The predicted octanol–water partition coefficient (Wildman–Crippen LogP) is 3.01. The average Bonchev–Trinajstić information content (AvgIpc) is 3.47. The molecular formula is C25H25N7O2S. The highest BCUT2D eigenvalue weighted by molar-refractivity contribution is 7.19. The zero-order valence-electron chi connectivity index (χ0n) is 19.6. The summed E-state index contributed by atoms with van der Waals surface area (Å²) in [5.74, 6) is 1.21. The lowest BCUT2D eigenvalue weighted by atomic mass is 9.87. The van der Waals surface area contributed by atoms with Gasteiger partial charge in [0.25, 0.3) is 0 Å². The zero-order chi connectivity index (χ0) is 23.5. The molecule has 1 spiro atoms. The smallest absolute Gasteiger partial charge is 0.227 e. The van der Waals surface area contributed by atoms with Crippen molar-refractivity contribution in [2.45, 2.75) is 43.4 Å². The largest absolute Gasteiger partial charge is 0.375 e. The highest BCUT2D eigenvalue weighted by Crippen LogP contribution is 2.66. The summed E-state index contributed by atoms with van der Waals surface area (Å²) in [7, 11) is 4.04. The number of anilines is 3. The van der Waals surface area contributed by atoms with Crippen molar-refractivity contribution in [2.75, 3.05) is 30.9 Å². The van der Waals surface area contributed by atoms with Gasteiger partial charge in [-0.2, -0.15) is 5.10 Å². The van der Waals surface area contributed by atoms with Crippen LogP contribution in [0.25, 0.3) is 15.7 Å². The molecule has 3 unspecified atom stereocenters. The number of hydrogen-bond acceptors (Lipinski definition) is 8. The Labute approximate surface area is 205 Å². The van der Waals surface area contributed by atoms with E-state index in [-0.39, 0.29) is 11.5 Å². The number of amides is 1. The number of nitrogens with one attached hydrogen (secondary N) is 1. The first-order valence-electron chi connectivity index (χ1n) is 12.2. The summed E-state index contributed by atoms with van der Waals surface area (Å²) in [6, 6.07) is 4.42. The van der Waals surface area contributed by atoms with Crippen LogP contribution in [0, 0.1) is 5.92 Å². The molecule has 9 nitrogen and oxygen atoms in total. The Bertz CT molecular complexity index is 1540. The van der Waals surface area contributed by atoms with Gasteiger partial charge in [0.2, 0.25) is 5.91 Å². The second-order valence-electron chi connectivity index (χ2n) is 10.4. The van der Waals surface area contributed by atoms with Crippen LogP contribution in [0.15, 0.2) is 30.9 Å². The normalized spacial score (nSPS) is 28.1. The third kappa shape index (κ3) is 2.66. The maximum Gasteiger partial charge on any atom is 0.227 e. The molecule has 0 radical (unpaired) electrons. The Morgan fingerprint density at radius 1 is 1.34 bits per heavy atom. The number of thiophene rings is 1. The summed E-state index contributed by atoms with van der Waals surface area (Å²) in [5.41, 5.74) is 4.39. The molecule has 4 aromatic rings. The molecule has 4 aliphatic rings. The van der Waals surface area contributed by atoms with Gasteiger partial charge in [0, 0.05) is 37.5 Å². The van der Waals surface area contributed by atoms with Crippen LogP contribution in [0.1, 0.15) is 23.3 Å². The zero-order valence-corrected chi connectivity index (χ0v) is 20.4. The highest BCUT2D eigenvalue weighted by Gasteiger charge is 2.83. The van der Waals surface area contributed by atoms with Crippen molar-refractivity contribution in [1.29, 1.82) is 0 Å². The molecule has 4 atom stereocenters. The van der Waals surface area contributed by atoms with Gasteiger partial charge in [-0.15, -0.1) is 11.3 Å². The summed E-state index contributed by atoms with van der Waals surface area (Å²) >= 11 is 1.71. The maximum absolute atomic E-state index is 13.3. The molecule has 2 saturated heterocycles. The van der Waals surface area contributed by atoms with E-state index in [2.05, 4.69) is 36.2 Å². The third-order valence-electron chi connectivity index (χ3n) is 8.32. The first kappa shape index (κ1) is 20.0. The molecule has 178 valence electrons. The van der Waals surface area contributed by atoms with Crippen LogP contribution in [-0.2, 0) is 22.4 Å². The molecule has 35 heavy (non-hydrogen) atoms. The van der Waals surface area contributed by atoms with Gasteiger partial charge in [-0.3, -0.25) is 4.79 Å². The quantitative estimate of drug-likeness (QED) is 0.443. The number of rotatable bonds is 4. The van der Waals surface area contributed by atoms with Crippen molar-refractivity contribution in [3.63, 3.8) is 0 Å². The third-order valence-corrected chi connectivity index (χ3v) is 9.48. The highest BCUT2D eigenvalue weighted by atomic mass is 32.1. The lowest BCUT2D eigenvalue weighted by molar-refractivity contribution is -0.132. The number of nitrogens with zero attached hydrogens (tertiary/aromatic N) is 6. The first-order chi connectivity index (χ1) is 17.0. The number of aromatic nitrogens is 4. The summed E-state index contributed by atoms with van der Waals surface area (Å²) < 4.78 is 7.60. The molecule has 3 fully saturated rings. The number of carbonyl (C=O) groups is 1. The second kappa shape index (κ2) is 6.70. The SMILES string of the molecule is CN(C)c1cn2nccc2cc1Nc1ncnc2sc3c(c12)CC[C@H](C(=O)N1C2COC4CC421)C3. The molecule has 1 amide bonds. The Kier molecular flexibility index (Phi) is 3.83. The summed E-state index contributed by atoms with van der Waals surface area (Å²) in [6.07, 6.45) is 9.34. The molecular weight excluding hydrogens is 462 g/mol. The maximum atomic E-state index is 13.3. The van der Waals surface area contributed by atoms with Crippen molar-refractivity contribution >= 4 is 50.2 Å². The van der Waals surface area contributed by atoms with E-state index in [1.54, 1.807) is 23.9 Å². The molecule has 6 heterocycles. The van der Waals surface area contributed by atoms with Gasteiger partial charge in [0.05, 0.1) is 52.8 Å². The fraction of sp³-hybridized carbons (Fsp3) is 0.440. The Hall–Kier alpha value is -3.24. The summed E-state index contributed by atoms with van der Waals surface area (Å²) in [5, 5.41) is 9.06. The standard InChI is InChI=1S/C25H25N7O2S/c1-30(2)17-10-31-14(5-6-28-31)8-16(17)29-22-21-15-4-3-13(7-18(15)35-23(21)27-12-26-22)24(33)32-19-11-34-20-9-25(19,20)32/h5-6,8,10,12-13,19-20H,3-4,7,9,11H2,1-2H3,(H,26,27,29)/t13-,19?,20?,25?,32?/m0/s1. The minimum atomic E-state index is 0.0609. The van der Waals surface area contributed by atoms with Crippen LogP contribution in [0.3, 0.4) is 0 Å².